The Morgan fingerprint density at radius 2 is 1.82 bits per heavy atom. The second-order valence-corrected chi connectivity index (χ2v) is 7.91. The number of nitrogens with zero attached hydrogens (tertiary/aromatic N) is 2. The van der Waals surface area contributed by atoms with E-state index in [-0.39, 0.29) is 5.91 Å². The number of rotatable bonds is 5. The van der Waals surface area contributed by atoms with Crippen molar-refractivity contribution in [2.24, 2.45) is 0 Å². The molecule has 5 nitrogen and oxygen atoms in total. The maximum atomic E-state index is 12.8. The summed E-state index contributed by atoms with van der Waals surface area (Å²) in [4.78, 5) is 13.7. The normalized spacial score (nSPS) is 10.8. The molecule has 0 aliphatic rings. The van der Waals surface area contributed by atoms with E-state index < -0.39 is 0 Å². The highest BCUT2D eigenvalue weighted by Crippen LogP contribution is 2.30. The molecule has 4 rings (SSSR count). The number of anilines is 2. The molecule has 1 amide bonds. The Kier molecular flexibility index (Phi) is 5.68. The van der Waals surface area contributed by atoms with Gasteiger partial charge in [0.15, 0.2) is 0 Å². The van der Waals surface area contributed by atoms with Crippen LogP contribution in [0.4, 0.5) is 11.4 Å². The summed E-state index contributed by atoms with van der Waals surface area (Å²) in [7, 11) is 0. The maximum absolute atomic E-state index is 12.8. The predicted octanol–water partition coefficient (Wildman–Crippen LogP) is 6.37. The Bertz CT molecular complexity index is 1170. The van der Waals surface area contributed by atoms with Crippen LogP contribution in [0.25, 0.3) is 11.0 Å². The first-order chi connectivity index (χ1) is 13.6. The first-order valence-corrected chi connectivity index (χ1v) is 10.4. The molecule has 0 unspecified atom stereocenters. The number of para-hydroxylation sites is 1. The highest BCUT2D eigenvalue weighted by Gasteiger charge is 2.13. The lowest BCUT2D eigenvalue weighted by Gasteiger charge is -2.12. The van der Waals surface area contributed by atoms with Gasteiger partial charge in [-0.3, -0.25) is 4.79 Å². The van der Waals surface area contributed by atoms with Crippen molar-refractivity contribution in [3.8, 4) is 0 Å². The molecule has 1 heterocycles. The van der Waals surface area contributed by atoms with Crippen LogP contribution in [0, 0.1) is 0 Å². The fourth-order valence-corrected chi connectivity index (χ4v) is 4.21. The molecular weight excluding hydrogens is 435 g/mol. The molecular formula is C19H12Cl2N4OS2. The number of fused-ring (bicyclic) bond motifs is 1. The fraction of sp³-hybridized carbons (Fsp3) is 0. The lowest BCUT2D eigenvalue weighted by Crippen LogP contribution is -2.13. The van der Waals surface area contributed by atoms with E-state index in [0.29, 0.717) is 27.0 Å². The minimum absolute atomic E-state index is 0.254. The molecule has 0 spiro atoms. The van der Waals surface area contributed by atoms with Crippen LogP contribution < -0.4 is 10.0 Å². The SMILES string of the molecule is O=C(Nc1ccc(Cl)c(Cl)c1)c1ccccc1NSc1cccc2nsnc12. The molecule has 28 heavy (non-hydrogen) atoms. The van der Waals surface area contributed by atoms with Crippen LogP contribution in [0.1, 0.15) is 10.4 Å². The second-order valence-electron chi connectivity index (χ2n) is 5.72. The van der Waals surface area contributed by atoms with E-state index in [1.165, 1.54) is 23.7 Å². The monoisotopic (exact) mass is 446 g/mol. The van der Waals surface area contributed by atoms with Gasteiger partial charge in [-0.25, -0.2) is 0 Å². The van der Waals surface area contributed by atoms with Crippen LogP contribution in [0.15, 0.2) is 65.6 Å². The van der Waals surface area contributed by atoms with Gasteiger partial charge >= 0.3 is 0 Å². The van der Waals surface area contributed by atoms with Crippen molar-refractivity contribution >= 4 is 75.2 Å². The van der Waals surface area contributed by atoms with Crippen LogP contribution in [-0.2, 0) is 0 Å². The van der Waals surface area contributed by atoms with Gasteiger partial charge in [-0.05, 0) is 54.4 Å². The van der Waals surface area contributed by atoms with Gasteiger partial charge in [-0.2, -0.15) is 8.75 Å². The number of carbonyl (C=O) groups is 1. The Hall–Kier alpha value is -2.32. The number of hydrogen-bond acceptors (Lipinski definition) is 6. The quantitative estimate of drug-likeness (QED) is 0.348. The van der Waals surface area contributed by atoms with Gasteiger partial charge in [0.2, 0.25) is 0 Å². The summed E-state index contributed by atoms with van der Waals surface area (Å²) in [5.74, 6) is -0.254. The average molecular weight is 447 g/mol. The number of benzene rings is 3. The molecule has 0 saturated carbocycles. The molecule has 1 aromatic heterocycles. The Labute approximate surface area is 179 Å². The van der Waals surface area contributed by atoms with Crippen molar-refractivity contribution in [1.82, 2.24) is 8.75 Å². The van der Waals surface area contributed by atoms with E-state index >= 15 is 0 Å². The van der Waals surface area contributed by atoms with Crippen molar-refractivity contribution in [2.45, 2.75) is 4.90 Å². The predicted molar refractivity (Wildman–Crippen MR) is 118 cm³/mol. The van der Waals surface area contributed by atoms with Gasteiger partial charge in [0.1, 0.15) is 11.0 Å². The van der Waals surface area contributed by atoms with Crippen molar-refractivity contribution in [1.29, 1.82) is 0 Å². The summed E-state index contributed by atoms with van der Waals surface area (Å²) in [5, 5.41) is 3.65. The molecule has 0 atom stereocenters. The zero-order valence-electron chi connectivity index (χ0n) is 14.1. The summed E-state index contributed by atoms with van der Waals surface area (Å²) in [6.45, 7) is 0. The topological polar surface area (TPSA) is 66.9 Å². The number of aromatic nitrogens is 2. The molecule has 0 aliphatic carbocycles. The molecule has 3 aromatic carbocycles. The van der Waals surface area contributed by atoms with Crippen LogP contribution in [0.2, 0.25) is 10.0 Å². The van der Waals surface area contributed by atoms with Crippen molar-refractivity contribution in [2.75, 3.05) is 10.0 Å². The summed E-state index contributed by atoms with van der Waals surface area (Å²) >= 11 is 14.5. The van der Waals surface area contributed by atoms with Crippen molar-refractivity contribution in [3.63, 3.8) is 0 Å². The molecule has 2 N–H and O–H groups in total. The fourth-order valence-electron chi connectivity index (χ4n) is 2.52. The van der Waals surface area contributed by atoms with Crippen LogP contribution in [0.3, 0.4) is 0 Å². The Morgan fingerprint density at radius 3 is 2.68 bits per heavy atom. The van der Waals surface area contributed by atoms with E-state index in [9.17, 15) is 4.79 Å². The lowest BCUT2D eigenvalue weighted by atomic mass is 10.1. The number of carbonyl (C=O) groups excluding carboxylic acids is 1. The molecule has 0 fully saturated rings. The largest absolute Gasteiger partial charge is 0.325 e. The van der Waals surface area contributed by atoms with E-state index in [0.717, 1.165) is 15.9 Å². The van der Waals surface area contributed by atoms with E-state index in [2.05, 4.69) is 18.8 Å². The van der Waals surface area contributed by atoms with E-state index in [4.69, 9.17) is 23.2 Å². The molecule has 9 heteroatoms. The number of nitrogens with one attached hydrogen (secondary N) is 2. The van der Waals surface area contributed by atoms with Crippen LogP contribution in [-0.4, -0.2) is 14.7 Å². The maximum Gasteiger partial charge on any atom is 0.257 e. The second kappa shape index (κ2) is 8.36. The first kappa shape index (κ1) is 19.0. The Balaban J connectivity index is 1.54. The average Bonchev–Trinajstić information content (AvgIpc) is 3.19. The molecule has 0 saturated heterocycles. The standard InChI is InChI=1S/C19H12Cl2N4OS2/c20-13-9-8-11(10-14(13)21)22-19(26)12-4-1-2-5-15(12)23-27-17-7-3-6-16-18(17)25-28-24-16/h1-10,23H,(H,22,26). The van der Waals surface area contributed by atoms with E-state index in [1.807, 2.05) is 36.4 Å². The summed E-state index contributed by atoms with van der Waals surface area (Å²) in [5.41, 5.74) is 3.44. The third-order valence-corrected chi connectivity index (χ3v) is 6.02. The third kappa shape index (κ3) is 4.07. The third-order valence-electron chi connectivity index (χ3n) is 3.87. The van der Waals surface area contributed by atoms with Gasteiger partial charge in [-0.1, -0.05) is 41.4 Å². The van der Waals surface area contributed by atoms with E-state index in [1.54, 1.807) is 24.3 Å². The molecule has 0 bridgehead atoms. The first-order valence-electron chi connectivity index (χ1n) is 8.11. The van der Waals surface area contributed by atoms with Gasteiger partial charge in [0.05, 0.1) is 37.9 Å². The highest BCUT2D eigenvalue weighted by molar-refractivity contribution is 8.00. The van der Waals surface area contributed by atoms with Crippen molar-refractivity contribution in [3.05, 3.63) is 76.3 Å². The number of amides is 1. The minimum Gasteiger partial charge on any atom is -0.325 e. The summed E-state index contributed by atoms with van der Waals surface area (Å²) < 4.78 is 11.8. The van der Waals surface area contributed by atoms with Crippen LogP contribution in [0.5, 0.6) is 0 Å². The Morgan fingerprint density at radius 1 is 0.964 bits per heavy atom. The van der Waals surface area contributed by atoms with Crippen molar-refractivity contribution < 1.29 is 4.79 Å². The van der Waals surface area contributed by atoms with Gasteiger partial charge in [0.25, 0.3) is 5.91 Å². The number of hydrogen-bond donors (Lipinski definition) is 2. The minimum atomic E-state index is -0.254. The lowest BCUT2D eigenvalue weighted by molar-refractivity contribution is 0.102. The van der Waals surface area contributed by atoms with Gasteiger partial charge in [0, 0.05) is 5.69 Å². The molecule has 4 aromatic rings. The molecule has 0 aliphatic heterocycles. The zero-order chi connectivity index (χ0) is 19.5. The van der Waals surface area contributed by atoms with Crippen LogP contribution >= 0.6 is 46.9 Å². The summed E-state index contributed by atoms with van der Waals surface area (Å²) in [6, 6.07) is 18.0. The zero-order valence-corrected chi connectivity index (χ0v) is 17.3. The smallest absolute Gasteiger partial charge is 0.257 e. The van der Waals surface area contributed by atoms with Gasteiger partial charge in [-0.15, -0.1) is 0 Å². The van der Waals surface area contributed by atoms with Gasteiger partial charge < -0.3 is 10.0 Å². The molecule has 140 valence electrons. The number of halogens is 2. The molecule has 0 radical (unpaired) electrons. The highest BCUT2D eigenvalue weighted by atomic mass is 35.5. The summed E-state index contributed by atoms with van der Waals surface area (Å²) in [6.07, 6.45) is 0.